The highest BCUT2D eigenvalue weighted by atomic mass is 19.4. The average Bonchev–Trinajstić information content (AvgIpc) is 3.05. The number of alkyl halides is 3. The molecule has 1 aliphatic rings. The Morgan fingerprint density at radius 1 is 1.39 bits per heavy atom. The summed E-state index contributed by atoms with van der Waals surface area (Å²) in [6.07, 6.45) is -4.22. The maximum Gasteiger partial charge on any atom is 0.425 e. The zero-order valence-corrected chi connectivity index (χ0v) is 11.9. The van der Waals surface area contributed by atoms with Crippen molar-refractivity contribution in [2.24, 2.45) is 0 Å². The number of carbonyl (C=O) groups is 3. The zero-order chi connectivity index (χ0) is 17.4. The van der Waals surface area contributed by atoms with Crippen molar-refractivity contribution in [3.05, 3.63) is 35.4 Å². The molecule has 2 N–H and O–H groups in total. The van der Waals surface area contributed by atoms with Crippen LogP contribution in [0.3, 0.4) is 0 Å². The van der Waals surface area contributed by atoms with Gasteiger partial charge in [-0.3, -0.25) is 9.59 Å². The second kappa shape index (κ2) is 5.45. The van der Waals surface area contributed by atoms with E-state index in [4.69, 9.17) is 4.42 Å². The summed E-state index contributed by atoms with van der Waals surface area (Å²) in [5.74, 6) is -4.76. The summed E-state index contributed by atoms with van der Waals surface area (Å²) in [7, 11) is 0.862. The molecule has 7 nitrogen and oxygen atoms in total. The van der Waals surface area contributed by atoms with Crippen molar-refractivity contribution in [1.82, 2.24) is 10.6 Å². The van der Waals surface area contributed by atoms with Crippen LogP contribution in [0.2, 0.25) is 0 Å². The van der Waals surface area contributed by atoms with Crippen molar-refractivity contribution < 1.29 is 36.7 Å². The van der Waals surface area contributed by atoms with Gasteiger partial charge in [0.1, 0.15) is 5.57 Å². The molecule has 0 spiro atoms. The smallest absolute Gasteiger partial charge is 0.425 e. The predicted molar refractivity (Wildman–Crippen MR) is 67.8 cm³/mol. The largest absolute Gasteiger partial charge is 0.466 e. The van der Waals surface area contributed by atoms with E-state index in [1.807, 2.05) is 5.32 Å². The number of hydrogen-bond acceptors (Lipinski definition) is 5. The molecule has 1 aliphatic heterocycles. The minimum absolute atomic E-state index is 0.362. The Hall–Kier alpha value is -2.78. The quantitative estimate of drug-likeness (QED) is 0.801. The lowest BCUT2D eigenvalue weighted by atomic mass is 9.89. The van der Waals surface area contributed by atoms with E-state index < -0.39 is 40.8 Å². The Bertz CT molecular complexity index is 693. The number of amides is 2. The van der Waals surface area contributed by atoms with Gasteiger partial charge in [0.25, 0.3) is 11.8 Å². The van der Waals surface area contributed by atoms with Crippen LogP contribution in [0.25, 0.3) is 0 Å². The molecular weight excluding hydrogens is 321 g/mol. The fraction of sp³-hybridized carbons (Fsp3) is 0.308. The van der Waals surface area contributed by atoms with Crippen LogP contribution in [0.4, 0.5) is 13.2 Å². The van der Waals surface area contributed by atoms with Gasteiger partial charge in [0, 0.05) is 5.70 Å². The molecule has 1 aromatic heterocycles. The normalized spacial score (nSPS) is 21.2. The molecule has 2 amide bonds. The number of allylic oxidation sites excluding steroid dienone is 1. The SMILES string of the molecule is COC(=O)C1=C(C)NC(=O)C1(NC(=O)c1ccco1)C(F)(F)F. The standard InChI is InChI=1S/C13H11F3N2O5/c1-6-8(10(20)22-2)12(11(21)17-6,13(14,15)16)18-9(19)7-4-3-5-23-7/h3-5H,1-2H3,(H,17,21)(H,18,19). The number of furan rings is 1. The van der Waals surface area contributed by atoms with E-state index in [1.54, 1.807) is 5.32 Å². The summed E-state index contributed by atoms with van der Waals surface area (Å²) in [6.45, 7) is 1.09. The maximum atomic E-state index is 13.6. The van der Waals surface area contributed by atoms with E-state index in [0.717, 1.165) is 26.4 Å². The summed E-state index contributed by atoms with van der Waals surface area (Å²) in [6, 6.07) is 2.40. The lowest BCUT2D eigenvalue weighted by molar-refractivity contribution is -0.188. The molecule has 0 radical (unpaired) electrons. The third-order valence-electron chi connectivity index (χ3n) is 3.25. The first-order valence-electron chi connectivity index (χ1n) is 6.19. The van der Waals surface area contributed by atoms with Gasteiger partial charge < -0.3 is 19.8 Å². The summed E-state index contributed by atoms with van der Waals surface area (Å²) < 4.78 is 49.9. The summed E-state index contributed by atoms with van der Waals surface area (Å²) in [4.78, 5) is 35.7. The van der Waals surface area contributed by atoms with E-state index >= 15 is 0 Å². The highest BCUT2D eigenvalue weighted by Gasteiger charge is 2.69. The maximum absolute atomic E-state index is 13.6. The van der Waals surface area contributed by atoms with Crippen LogP contribution < -0.4 is 10.6 Å². The van der Waals surface area contributed by atoms with Crippen LogP contribution in [0.1, 0.15) is 17.5 Å². The van der Waals surface area contributed by atoms with Crippen molar-refractivity contribution in [2.45, 2.75) is 18.6 Å². The van der Waals surface area contributed by atoms with Crippen LogP contribution >= 0.6 is 0 Å². The topological polar surface area (TPSA) is 97.6 Å². The van der Waals surface area contributed by atoms with E-state index in [9.17, 15) is 27.6 Å². The second-order valence-corrected chi connectivity index (χ2v) is 4.62. The Labute approximate surface area is 127 Å². The third-order valence-corrected chi connectivity index (χ3v) is 3.25. The Balaban J connectivity index is 2.57. The molecule has 0 aromatic carbocycles. The molecular formula is C13H11F3N2O5. The summed E-state index contributed by atoms with van der Waals surface area (Å²) in [5.41, 5.74) is -4.95. The van der Waals surface area contributed by atoms with Gasteiger partial charge in [0.15, 0.2) is 5.76 Å². The molecule has 0 aliphatic carbocycles. The van der Waals surface area contributed by atoms with Crippen LogP contribution in [0.5, 0.6) is 0 Å². The van der Waals surface area contributed by atoms with Gasteiger partial charge in [-0.15, -0.1) is 0 Å². The van der Waals surface area contributed by atoms with Gasteiger partial charge >= 0.3 is 12.1 Å². The van der Waals surface area contributed by atoms with E-state index in [-0.39, 0.29) is 5.70 Å². The van der Waals surface area contributed by atoms with Crippen molar-refractivity contribution in [2.75, 3.05) is 7.11 Å². The number of halogens is 3. The van der Waals surface area contributed by atoms with Gasteiger partial charge in [-0.2, -0.15) is 13.2 Å². The van der Waals surface area contributed by atoms with Gasteiger partial charge in [-0.1, -0.05) is 0 Å². The minimum atomic E-state index is -5.29. The highest BCUT2D eigenvalue weighted by Crippen LogP contribution is 2.41. The molecule has 0 bridgehead atoms. The monoisotopic (exact) mass is 332 g/mol. The first-order valence-corrected chi connectivity index (χ1v) is 6.19. The summed E-state index contributed by atoms with van der Waals surface area (Å²) >= 11 is 0. The fourth-order valence-electron chi connectivity index (χ4n) is 2.23. The molecule has 1 aromatic rings. The number of nitrogens with one attached hydrogen (secondary N) is 2. The predicted octanol–water partition coefficient (Wildman–Crippen LogP) is 0.887. The Kier molecular flexibility index (Phi) is 3.93. The second-order valence-electron chi connectivity index (χ2n) is 4.62. The first kappa shape index (κ1) is 16.6. The number of carbonyl (C=O) groups excluding carboxylic acids is 3. The highest BCUT2D eigenvalue weighted by molar-refractivity contribution is 6.11. The van der Waals surface area contributed by atoms with Crippen molar-refractivity contribution in [3.8, 4) is 0 Å². The number of ether oxygens (including phenoxy) is 1. The number of hydrogen-bond donors (Lipinski definition) is 2. The molecule has 10 heteroatoms. The Morgan fingerprint density at radius 2 is 2.04 bits per heavy atom. The molecule has 1 unspecified atom stereocenters. The number of esters is 1. The van der Waals surface area contributed by atoms with Gasteiger partial charge in [-0.25, -0.2) is 4.79 Å². The molecule has 2 rings (SSSR count). The lowest BCUT2D eigenvalue weighted by Crippen LogP contribution is -2.66. The van der Waals surface area contributed by atoms with Crippen LogP contribution in [0.15, 0.2) is 34.1 Å². The molecule has 23 heavy (non-hydrogen) atoms. The van der Waals surface area contributed by atoms with E-state index in [1.165, 1.54) is 6.07 Å². The number of rotatable bonds is 3. The average molecular weight is 332 g/mol. The molecule has 0 fully saturated rings. The third kappa shape index (κ3) is 2.45. The lowest BCUT2D eigenvalue weighted by Gasteiger charge is -2.31. The van der Waals surface area contributed by atoms with Gasteiger partial charge in [0.05, 0.1) is 13.4 Å². The molecule has 0 saturated carbocycles. The van der Waals surface area contributed by atoms with Crippen molar-refractivity contribution >= 4 is 17.8 Å². The van der Waals surface area contributed by atoms with Crippen LogP contribution in [-0.4, -0.2) is 36.6 Å². The van der Waals surface area contributed by atoms with Crippen LogP contribution in [0, 0.1) is 0 Å². The first-order chi connectivity index (χ1) is 10.6. The fourth-order valence-corrected chi connectivity index (χ4v) is 2.23. The molecule has 2 heterocycles. The Morgan fingerprint density at radius 3 is 2.52 bits per heavy atom. The number of methoxy groups -OCH3 is 1. The van der Waals surface area contributed by atoms with Crippen molar-refractivity contribution in [1.29, 1.82) is 0 Å². The minimum Gasteiger partial charge on any atom is -0.466 e. The molecule has 0 saturated heterocycles. The van der Waals surface area contributed by atoms with Crippen LogP contribution in [-0.2, 0) is 14.3 Å². The van der Waals surface area contributed by atoms with E-state index in [0.29, 0.717) is 0 Å². The molecule has 124 valence electrons. The van der Waals surface area contributed by atoms with Gasteiger partial charge in [0.2, 0.25) is 5.54 Å². The summed E-state index contributed by atoms with van der Waals surface area (Å²) in [5, 5.41) is 3.46. The molecule has 1 atom stereocenters. The van der Waals surface area contributed by atoms with E-state index in [2.05, 4.69) is 4.74 Å². The van der Waals surface area contributed by atoms with Gasteiger partial charge in [-0.05, 0) is 19.1 Å². The van der Waals surface area contributed by atoms with Crippen molar-refractivity contribution in [3.63, 3.8) is 0 Å². The zero-order valence-electron chi connectivity index (χ0n) is 11.9.